The summed E-state index contributed by atoms with van der Waals surface area (Å²) in [6.07, 6.45) is 4.23. The van der Waals surface area contributed by atoms with Crippen molar-refractivity contribution < 1.29 is 19.2 Å². The molecule has 0 bridgehead atoms. The van der Waals surface area contributed by atoms with Crippen LogP contribution < -0.4 is 16.4 Å². The third-order valence-corrected chi connectivity index (χ3v) is 6.14. The van der Waals surface area contributed by atoms with Gasteiger partial charge >= 0.3 is 11.8 Å². The van der Waals surface area contributed by atoms with Gasteiger partial charge in [0.05, 0.1) is 28.4 Å². The average molecular weight is 430 g/mol. The monoisotopic (exact) mass is 429 g/mol. The van der Waals surface area contributed by atoms with Gasteiger partial charge in [0.2, 0.25) is 5.91 Å². The Morgan fingerprint density at radius 1 is 1.20 bits per heavy atom. The summed E-state index contributed by atoms with van der Waals surface area (Å²) in [5, 5.41) is 5.08. The van der Waals surface area contributed by atoms with Gasteiger partial charge in [-0.25, -0.2) is 0 Å². The zero-order valence-electron chi connectivity index (χ0n) is 16.7. The minimum absolute atomic E-state index is 0.130. The zero-order chi connectivity index (χ0) is 21.8. The topological polar surface area (TPSA) is 134 Å². The molecule has 30 heavy (non-hydrogen) atoms. The van der Waals surface area contributed by atoms with E-state index in [1.54, 1.807) is 18.0 Å². The van der Waals surface area contributed by atoms with Crippen LogP contribution in [0.4, 0.5) is 5.69 Å². The summed E-state index contributed by atoms with van der Waals surface area (Å²) in [6.45, 7) is 2.46. The summed E-state index contributed by atoms with van der Waals surface area (Å²) in [7, 11) is 1.56. The normalized spacial score (nSPS) is 18.5. The summed E-state index contributed by atoms with van der Waals surface area (Å²) in [4.78, 5) is 55.6. The van der Waals surface area contributed by atoms with Crippen LogP contribution in [0.1, 0.15) is 50.7 Å². The highest BCUT2D eigenvalue weighted by Gasteiger charge is 2.35. The van der Waals surface area contributed by atoms with Crippen molar-refractivity contribution in [1.29, 1.82) is 0 Å². The lowest BCUT2D eigenvalue weighted by Crippen LogP contribution is -2.46. The fraction of sp³-hybridized carbons (Fsp3) is 0.350. The van der Waals surface area contributed by atoms with Crippen LogP contribution in [0, 0.1) is 5.92 Å². The van der Waals surface area contributed by atoms with Gasteiger partial charge in [0.15, 0.2) is 0 Å². The molecule has 3 heterocycles. The Morgan fingerprint density at radius 3 is 2.67 bits per heavy atom. The molecule has 4 amide bonds. The van der Waals surface area contributed by atoms with Crippen LogP contribution in [-0.4, -0.2) is 47.1 Å². The van der Waals surface area contributed by atoms with E-state index < -0.39 is 17.7 Å². The first-order valence-electron chi connectivity index (χ1n) is 9.48. The van der Waals surface area contributed by atoms with Crippen molar-refractivity contribution >= 4 is 40.7 Å². The number of hydrogen-bond donors (Lipinski definition) is 3. The van der Waals surface area contributed by atoms with Crippen molar-refractivity contribution in [3.8, 4) is 0 Å². The zero-order valence-corrected chi connectivity index (χ0v) is 17.5. The number of rotatable bonds is 4. The molecule has 0 spiro atoms. The second-order valence-electron chi connectivity index (χ2n) is 7.22. The van der Waals surface area contributed by atoms with Gasteiger partial charge in [0.1, 0.15) is 0 Å². The summed E-state index contributed by atoms with van der Waals surface area (Å²) in [5.41, 5.74) is 5.57. The average Bonchev–Trinajstić information content (AvgIpc) is 3.22. The molecular formula is C20H23N5O4S. The molecule has 1 saturated heterocycles. The van der Waals surface area contributed by atoms with Crippen LogP contribution in [0.15, 0.2) is 30.6 Å². The van der Waals surface area contributed by atoms with E-state index in [0.717, 1.165) is 11.3 Å². The minimum atomic E-state index is -0.819. The van der Waals surface area contributed by atoms with E-state index in [4.69, 9.17) is 5.73 Å². The highest BCUT2D eigenvalue weighted by atomic mass is 32.1. The molecule has 4 N–H and O–H groups in total. The molecule has 3 rings (SSSR count). The highest BCUT2D eigenvalue weighted by Crippen LogP contribution is 2.37. The second-order valence-corrected chi connectivity index (χ2v) is 8.33. The number of amides is 4. The van der Waals surface area contributed by atoms with Crippen molar-refractivity contribution in [3.05, 3.63) is 45.9 Å². The van der Waals surface area contributed by atoms with Crippen LogP contribution >= 0.6 is 11.3 Å². The number of hydrogen-bond acceptors (Lipinski definition) is 6. The largest absolute Gasteiger partial charge is 0.366 e. The molecule has 0 unspecified atom stereocenters. The summed E-state index contributed by atoms with van der Waals surface area (Å²) >= 11 is 1.32. The molecule has 1 aliphatic rings. The second kappa shape index (κ2) is 9.04. The number of carbonyl (C=O) groups is 4. The minimum Gasteiger partial charge on any atom is -0.366 e. The third-order valence-electron chi connectivity index (χ3n) is 4.96. The van der Waals surface area contributed by atoms with E-state index in [2.05, 4.69) is 15.6 Å². The Morgan fingerprint density at radius 2 is 1.97 bits per heavy atom. The Balaban J connectivity index is 1.79. The maximum absolute atomic E-state index is 13.0. The Kier molecular flexibility index (Phi) is 6.46. The standard InChI is InChI=1S/C20H23N5O4S/c1-11-3-4-14(15-5-6-16(30-15)18(27)22-2)25(10-11)20(29)19(28)24-13-7-12(17(21)26)8-23-9-13/h5-9,11,14H,3-4,10H2,1-2H3,(H2,21,26)(H,22,27)(H,24,28)/t11-,14+/m1/s1. The lowest BCUT2D eigenvalue weighted by atomic mass is 9.93. The van der Waals surface area contributed by atoms with Crippen molar-refractivity contribution in [2.24, 2.45) is 11.7 Å². The first kappa shape index (κ1) is 21.4. The van der Waals surface area contributed by atoms with Crippen LogP contribution in [0.3, 0.4) is 0 Å². The molecule has 2 aromatic heterocycles. The van der Waals surface area contributed by atoms with E-state index in [1.807, 2.05) is 13.0 Å². The van der Waals surface area contributed by atoms with Gasteiger partial charge in [0, 0.05) is 24.7 Å². The van der Waals surface area contributed by atoms with Crippen molar-refractivity contribution in [1.82, 2.24) is 15.2 Å². The number of nitrogens with two attached hydrogens (primary N) is 1. The van der Waals surface area contributed by atoms with Crippen LogP contribution in [0.2, 0.25) is 0 Å². The predicted octanol–water partition coefficient (Wildman–Crippen LogP) is 1.54. The Bertz CT molecular complexity index is 989. The molecule has 158 valence electrons. The predicted molar refractivity (Wildman–Crippen MR) is 112 cm³/mol. The van der Waals surface area contributed by atoms with Crippen LogP contribution in [-0.2, 0) is 9.59 Å². The number of thiophene rings is 1. The van der Waals surface area contributed by atoms with Gasteiger partial charge < -0.3 is 21.3 Å². The van der Waals surface area contributed by atoms with E-state index in [0.29, 0.717) is 17.8 Å². The summed E-state index contributed by atoms with van der Waals surface area (Å²) in [6, 6.07) is 4.64. The first-order chi connectivity index (χ1) is 14.3. The number of likely N-dealkylation sites (tertiary alicyclic amines) is 1. The molecule has 10 heteroatoms. The molecular weight excluding hydrogens is 406 g/mol. The molecule has 2 aromatic rings. The number of nitrogens with zero attached hydrogens (tertiary/aromatic N) is 2. The number of aromatic nitrogens is 1. The highest BCUT2D eigenvalue weighted by molar-refractivity contribution is 7.14. The van der Waals surface area contributed by atoms with Gasteiger partial charge in [-0.15, -0.1) is 11.3 Å². The van der Waals surface area contributed by atoms with Crippen molar-refractivity contribution in [2.45, 2.75) is 25.8 Å². The third kappa shape index (κ3) is 4.65. The van der Waals surface area contributed by atoms with E-state index >= 15 is 0 Å². The quantitative estimate of drug-likeness (QED) is 0.634. The molecule has 0 aliphatic carbocycles. The Labute approximate surface area is 177 Å². The Hall–Kier alpha value is -3.27. The molecule has 1 fully saturated rings. The van der Waals surface area contributed by atoms with E-state index in [1.165, 1.54) is 29.8 Å². The van der Waals surface area contributed by atoms with Gasteiger partial charge in [0.25, 0.3) is 5.91 Å². The lowest BCUT2D eigenvalue weighted by Gasteiger charge is -2.37. The number of pyridine rings is 1. The maximum atomic E-state index is 13.0. The smallest absolute Gasteiger partial charge is 0.313 e. The van der Waals surface area contributed by atoms with Gasteiger partial charge in [-0.1, -0.05) is 6.92 Å². The van der Waals surface area contributed by atoms with E-state index in [9.17, 15) is 19.2 Å². The maximum Gasteiger partial charge on any atom is 0.313 e. The SMILES string of the molecule is CNC(=O)c1ccc([C@@H]2CC[C@@H](C)CN2C(=O)C(=O)Nc2cncc(C(N)=O)c2)s1. The molecule has 9 nitrogen and oxygen atoms in total. The number of nitrogens with one attached hydrogen (secondary N) is 2. The fourth-order valence-corrected chi connectivity index (χ4v) is 4.51. The first-order valence-corrected chi connectivity index (χ1v) is 10.3. The number of carbonyl (C=O) groups excluding carboxylic acids is 4. The molecule has 0 radical (unpaired) electrons. The number of anilines is 1. The summed E-state index contributed by atoms with van der Waals surface area (Å²) < 4.78 is 0. The van der Waals surface area contributed by atoms with Crippen LogP contribution in [0.25, 0.3) is 0 Å². The van der Waals surface area contributed by atoms with Gasteiger partial charge in [-0.3, -0.25) is 24.2 Å². The number of primary amides is 1. The van der Waals surface area contributed by atoms with Gasteiger partial charge in [-0.05, 0) is 37.0 Å². The molecule has 0 aromatic carbocycles. The lowest BCUT2D eigenvalue weighted by molar-refractivity contribution is -0.146. The van der Waals surface area contributed by atoms with Crippen LogP contribution in [0.5, 0.6) is 0 Å². The molecule has 2 atom stereocenters. The molecule has 1 aliphatic heterocycles. The van der Waals surface area contributed by atoms with E-state index in [-0.39, 0.29) is 29.1 Å². The van der Waals surface area contributed by atoms with Gasteiger partial charge in [-0.2, -0.15) is 0 Å². The van der Waals surface area contributed by atoms with Crippen molar-refractivity contribution in [3.63, 3.8) is 0 Å². The van der Waals surface area contributed by atoms with Crippen molar-refractivity contribution in [2.75, 3.05) is 18.9 Å². The fourth-order valence-electron chi connectivity index (χ4n) is 3.41. The number of piperidine rings is 1. The summed E-state index contributed by atoms with van der Waals surface area (Å²) in [5.74, 6) is -2.12. The molecule has 0 saturated carbocycles.